The highest BCUT2D eigenvalue weighted by Crippen LogP contribution is 2.01. The van der Waals surface area contributed by atoms with Crippen molar-refractivity contribution in [3.8, 4) is 0 Å². The van der Waals surface area contributed by atoms with Gasteiger partial charge in [-0.15, -0.1) is 0 Å². The summed E-state index contributed by atoms with van der Waals surface area (Å²) in [4.78, 5) is 0. The van der Waals surface area contributed by atoms with Crippen LogP contribution < -0.4 is 5.32 Å². The number of aryl methyl sites for hydroxylation is 1. The molecule has 4 heteroatoms. The predicted molar refractivity (Wildman–Crippen MR) is 62.6 cm³/mol. The van der Waals surface area contributed by atoms with Crippen LogP contribution in [0.2, 0.25) is 0 Å². The third kappa shape index (κ3) is 3.35. The fourth-order valence-corrected chi connectivity index (χ4v) is 2.00. The van der Waals surface area contributed by atoms with Crippen molar-refractivity contribution in [2.75, 3.05) is 12.0 Å². The van der Waals surface area contributed by atoms with Gasteiger partial charge >= 0.3 is 0 Å². The van der Waals surface area contributed by atoms with Crippen molar-refractivity contribution in [3.63, 3.8) is 0 Å². The first kappa shape index (κ1) is 11.6. The zero-order valence-electron chi connectivity index (χ0n) is 9.16. The van der Waals surface area contributed by atoms with E-state index in [2.05, 4.69) is 36.6 Å². The van der Waals surface area contributed by atoms with Crippen LogP contribution >= 0.6 is 11.8 Å². The first-order chi connectivity index (χ1) is 6.77. The molecule has 0 amide bonds. The minimum Gasteiger partial charge on any atom is -0.308 e. The van der Waals surface area contributed by atoms with Gasteiger partial charge in [0.05, 0.1) is 5.69 Å². The summed E-state index contributed by atoms with van der Waals surface area (Å²) in [6, 6.07) is 2.63. The van der Waals surface area contributed by atoms with Crippen LogP contribution in [0.15, 0.2) is 12.3 Å². The molecule has 0 aliphatic rings. The van der Waals surface area contributed by atoms with E-state index in [0.717, 1.165) is 18.8 Å². The highest BCUT2D eigenvalue weighted by atomic mass is 32.2. The molecule has 0 radical (unpaired) electrons. The Morgan fingerprint density at radius 2 is 2.43 bits per heavy atom. The van der Waals surface area contributed by atoms with Gasteiger partial charge in [-0.3, -0.25) is 4.68 Å². The molecule has 0 fully saturated rings. The molecule has 80 valence electrons. The number of rotatable bonds is 6. The van der Waals surface area contributed by atoms with E-state index in [0.29, 0.717) is 6.04 Å². The number of aromatic nitrogens is 2. The summed E-state index contributed by atoms with van der Waals surface area (Å²) >= 11 is 1.87. The third-order valence-electron chi connectivity index (χ3n) is 2.15. The monoisotopic (exact) mass is 213 g/mol. The van der Waals surface area contributed by atoms with Crippen LogP contribution in [0.25, 0.3) is 0 Å². The van der Waals surface area contributed by atoms with E-state index in [1.54, 1.807) is 0 Å². The van der Waals surface area contributed by atoms with Gasteiger partial charge < -0.3 is 5.32 Å². The lowest BCUT2D eigenvalue weighted by atomic mass is 10.3. The molecule has 3 nitrogen and oxygen atoms in total. The predicted octanol–water partition coefficient (Wildman–Crippen LogP) is 1.74. The van der Waals surface area contributed by atoms with E-state index in [1.165, 1.54) is 5.69 Å². The largest absolute Gasteiger partial charge is 0.308 e. The second-order valence-electron chi connectivity index (χ2n) is 3.38. The Balaban J connectivity index is 2.37. The third-order valence-corrected chi connectivity index (χ3v) is 2.99. The molecular formula is C10H19N3S. The lowest BCUT2D eigenvalue weighted by Gasteiger charge is -2.12. The minimum atomic E-state index is 0.560. The zero-order valence-corrected chi connectivity index (χ0v) is 9.97. The molecule has 1 aromatic rings. The molecule has 0 aliphatic heterocycles. The number of hydrogen-bond donors (Lipinski definition) is 1. The maximum Gasteiger partial charge on any atom is 0.0522 e. The molecule has 0 spiro atoms. The second kappa shape index (κ2) is 6.09. The quantitative estimate of drug-likeness (QED) is 0.780. The maximum absolute atomic E-state index is 4.23. The molecule has 1 heterocycles. The highest BCUT2D eigenvalue weighted by molar-refractivity contribution is 7.98. The summed E-state index contributed by atoms with van der Waals surface area (Å²) in [5, 5.41) is 7.71. The maximum atomic E-state index is 4.23. The fraction of sp³-hybridized carbons (Fsp3) is 0.700. The molecule has 1 aromatic heterocycles. The first-order valence-electron chi connectivity index (χ1n) is 5.01. The van der Waals surface area contributed by atoms with Crippen molar-refractivity contribution in [2.45, 2.75) is 33.0 Å². The van der Waals surface area contributed by atoms with E-state index >= 15 is 0 Å². The number of nitrogens with zero attached hydrogens (tertiary/aromatic N) is 2. The molecule has 0 saturated heterocycles. The summed E-state index contributed by atoms with van der Waals surface area (Å²) in [7, 11) is 0. The molecule has 0 aliphatic carbocycles. The SMILES string of the molecule is CCn1nccc1CNC(C)CSC. The zero-order chi connectivity index (χ0) is 10.4. The topological polar surface area (TPSA) is 29.9 Å². The summed E-state index contributed by atoms with van der Waals surface area (Å²) < 4.78 is 2.03. The van der Waals surface area contributed by atoms with Crippen molar-refractivity contribution in [3.05, 3.63) is 18.0 Å². The smallest absolute Gasteiger partial charge is 0.0522 e. The summed E-state index contributed by atoms with van der Waals surface area (Å²) in [6.07, 6.45) is 3.99. The second-order valence-corrected chi connectivity index (χ2v) is 4.29. The number of nitrogens with one attached hydrogen (secondary N) is 1. The molecule has 0 bridgehead atoms. The van der Waals surface area contributed by atoms with Crippen molar-refractivity contribution < 1.29 is 0 Å². The Morgan fingerprint density at radius 3 is 3.07 bits per heavy atom. The average Bonchev–Trinajstić information content (AvgIpc) is 2.62. The standard InChI is InChI=1S/C10H19N3S/c1-4-13-10(5-6-12-13)7-11-9(2)8-14-3/h5-6,9,11H,4,7-8H2,1-3H3. The van der Waals surface area contributed by atoms with Gasteiger partial charge in [0.15, 0.2) is 0 Å². The van der Waals surface area contributed by atoms with E-state index in [-0.39, 0.29) is 0 Å². The lowest BCUT2D eigenvalue weighted by Crippen LogP contribution is -2.28. The van der Waals surface area contributed by atoms with Gasteiger partial charge in [-0.05, 0) is 26.2 Å². The molecule has 0 aromatic carbocycles. The molecule has 0 saturated carbocycles. The fourth-order valence-electron chi connectivity index (χ4n) is 1.38. The van der Waals surface area contributed by atoms with Crippen molar-refractivity contribution in [1.29, 1.82) is 0 Å². The Bertz CT molecular complexity index is 260. The van der Waals surface area contributed by atoms with Gasteiger partial charge in [0, 0.05) is 31.1 Å². The Morgan fingerprint density at radius 1 is 1.64 bits per heavy atom. The average molecular weight is 213 g/mol. The van der Waals surface area contributed by atoms with E-state index < -0.39 is 0 Å². The molecule has 1 N–H and O–H groups in total. The first-order valence-corrected chi connectivity index (χ1v) is 6.40. The van der Waals surface area contributed by atoms with Crippen LogP contribution in [0.4, 0.5) is 0 Å². The van der Waals surface area contributed by atoms with Crippen LogP contribution in [0.1, 0.15) is 19.5 Å². The van der Waals surface area contributed by atoms with Crippen LogP contribution in [-0.2, 0) is 13.1 Å². The van der Waals surface area contributed by atoms with Crippen molar-refractivity contribution in [2.24, 2.45) is 0 Å². The van der Waals surface area contributed by atoms with Crippen LogP contribution in [0.3, 0.4) is 0 Å². The summed E-state index contributed by atoms with van der Waals surface area (Å²) in [5.41, 5.74) is 1.26. The van der Waals surface area contributed by atoms with Gasteiger partial charge in [0.25, 0.3) is 0 Å². The molecular weight excluding hydrogens is 194 g/mol. The Hall–Kier alpha value is -0.480. The summed E-state index contributed by atoms with van der Waals surface area (Å²) in [6.45, 7) is 6.18. The minimum absolute atomic E-state index is 0.560. The highest BCUT2D eigenvalue weighted by Gasteiger charge is 2.03. The van der Waals surface area contributed by atoms with E-state index in [1.807, 2.05) is 22.6 Å². The van der Waals surface area contributed by atoms with E-state index in [4.69, 9.17) is 0 Å². The van der Waals surface area contributed by atoms with Crippen molar-refractivity contribution in [1.82, 2.24) is 15.1 Å². The van der Waals surface area contributed by atoms with Crippen LogP contribution in [0.5, 0.6) is 0 Å². The van der Waals surface area contributed by atoms with Gasteiger partial charge in [0.1, 0.15) is 0 Å². The molecule has 14 heavy (non-hydrogen) atoms. The van der Waals surface area contributed by atoms with Crippen molar-refractivity contribution >= 4 is 11.8 Å². The van der Waals surface area contributed by atoms with Gasteiger partial charge in [0.2, 0.25) is 0 Å². The molecule has 1 rings (SSSR count). The Labute approximate surface area is 90.3 Å². The van der Waals surface area contributed by atoms with Crippen LogP contribution in [-0.4, -0.2) is 27.8 Å². The van der Waals surface area contributed by atoms with Crippen LogP contribution in [0, 0.1) is 0 Å². The number of hydrogen-bond acceptors (Lipinski definition) is 3. The van der Waals surface area contributed by atoms with Gasteiger partial charge in [-0.25, -0.2) is 0 Å². The van der Waals surface area contributed by atoms with Gasteiger partial charge in [-0.1, -0.05) is 0 Å². The molecule has 1 atom stereocenters. The summed E-state index contributed by atoms with van der Waals surface area (Å²) in [5.74, 6) is 1.15. The Kier molecular flexibility index (Phi) is 5.04. The van der Waals surface area contributed by atoms with Gasteiger partial charge in [-0.2, -0.15) is 16.9 Å². The van der Waals surface area contributed by atoms with E-state index in [9.17, 15) is 0 Å². The molecule has 1 unspecified atom stereocenters. The lowest BCUT2D eigenvalue weighted by molar-refractivity contribution is 0.544. The normalized spacial score (nSPS) is 13.1. The number of thioether (sulfide) groups is 1.